The van der Waals surface area contributed by atoms with E-state index in [4.69, 9.17) is 20.9 Å². The molecule has 0 saturated heterocycles. The summed E-state index contributed by atoms with van der Waals surface area (Å²) >= 11 is 0. The van der Waals surface area contributed by atoms with Gasteiger partial charge in [-0.1, -0.05) is 0 Å². The maximum Gasteiger partial charge on any atom is 0.250 e. The average molecular weight is 487 g/mol. The van der Waals surface area contributed by atoms with Crippen LogP contribution in [0.5, 0.6) is 5.75 Å². The van der Waals surface area contributed by atoms with Crippen molar-refractivity contribution >= 4 is 23.2 Å². The van der Waals surface area contributed by atoms with Crippen molar-refractivity contribution in [2.45, 2.75) is 39.2 Å². The fourth-order valence-corrected chi connectivity index (χ4v) is 4.13. The quantitative estimate of drug-likeness (QED) is 0.421. The standard InChI is InChI=1S/C24H28F2N6O3/c1-4-35-14-7-17(25)16(18(26)8-14)10-32-9-15(12(2)21(32)13-5-6-13)24-30-22(27)20(23(28)31-24)29-19(33)11-34-3/h7-9,13H,4-6,10-11H2,1-3H3,(H,29,33)(H4,27,28,30,31). The van der Waals surface area contributed by atoms with Crippen molar-refractivity contribution < 1.29 is 23.0 Å². The smallest absolute Gasteiger partial charge is 0.250 e. The Morgan fingerprint density at radius 2 is 1.83 bits per heavy atom. The first-order chi connectivity index (χ1) is 16.7. The summed E-state index contributed by atoms with van der Waals surface area (Å²) in [5, 5.41) is 2.54. The number of anilines is 3. The Bertz CT molecular complexity index is 1230. The number of carbonyl (C=O) groups is 1. The summed E-state index contributed by atoms with van der Waals surface area (Å²) in [7, 11) is 1.39. The molecule has 1 aliphatic carbocycles. The highest BCUT2D eigenvalue weighted by Gasteiger charge is 2.31. The Balaban J connectivity index is 1.71. The van der Waals surface area contributed by atoms with Crippen molar-refractivity contribution in [1.82, 2.24) is 14.5 Å². The normalized spacial score (nSPS) is 13.2. The van der Waals surface area contributed by atoms with E-state index < -0.39 is 17.5 Å². The summed E-state index contributed by atoms with van der Waals surface area (Å²) in [4.78, 5) is 20.5. The SMILES string of the molecule is CCOc1cc(F)c(Cn2cc(-c3nc(N)c(NC(=O)COC)c(N)n3)c(C)c2C2CC2)c(F)c1. The van der Waals surface area contributed by atoms with Crippen molar-refractivity contribution in [2.24, 2.45) is 0 Å². The molecule has 5 N–H and O–H groups in total. The molecule has 4 rings (SSSR count). The molecule has 0 aliphatic heterocycles. The highest BCUT2D eigenvalue weighted by Crippen LogP contribution is 2.45. The van der Waals surface area contributed by atoms with Gasteiger partial charge in [0.15, 0.2) is 17.5 Å². The number of rotatable bonds is 9. The molecule has 0 unspecified atom stereocenters. The Morgan fingerprint density at radius 3 is 2.37 bits per heavy atom. The van der Waals surface area contributed by atoms with Gasteiger partial charge in [-0.15, -0.1) is 0 Å². The topological polar surface area (TPSA) is 130 Å². The van der Waals surface area contributed by atoms with Gasteiger partial charge in [-0.2, -0.15) is 0 Å². The van der Waals surface area contributed by atoms with E-state index in [1.165, 1.54) is 19.2 Å². The zero-order valence-electron chi connectivity index (χ0n) is 19.8. The number of halogens is 2. The Kier molecular flexibility index (Phi) is 6.88. The monoisotopic (exact) mass is 486 g/mol. The Labute approximate surface area is 201 Å². The second-order valence-electron chi connectivity index (χ2n) is 8.43. The summed E-state index contributed by atoms with van der Waals surface area (Å²) in [5.41, 5.74) is 14.7. The number of aromatic nitrogens is 3. The van der Waals surface area contributed by atoms with E-state index in [0.29, 0.717) is 12.2 Å². The zero-order valence-corrected chi connectivity index (χ0v) is 19.8. The summed E-state index contributed by atoms with van der Waals surface area (Å²) in [6.45, 7) is 3.79. The van der Waals surface area contributed by atoms with Crippen molar-refractivity contribution in [3.05, 3.63) is 46.8 Å². The lowest BCUT2D eigenvalue weighted by Crippen LogP contribution is -2.20. The first-order valence-corrected chi connectivity index (χ1v) is 11.3. The van der Waals surface area contributed by atoms with Gasteiger partial charge in [0.1, 0.15) is 29.7 Å². The number of nitrogens with one attached hydrogen (secondary N) is 1. The minimum Gasteiger partial charge on any atom is -0.494 e. The van der Waals surface area contributed by atoms with E-state index in [1.807, 2.05) is 11.5 Å². The van der Waals surface area contributed by atoms with Crippen LogP contribution in [0.1, 0.15) is 42.5 Å². The number of nitrogens with two attached hydrogens (primary N) is 2. The molecule has 3 aromatic rings. The third-order valence-electron chi connectivity index (χ3n) is 5.85. The molecule has 9 nitrogen and oxygen atoms in total. The van der Waals surface area contributed by atoms with Crippen molar-refractivity contribution in [1.29, 1.82) is 0 Å². The van der Waals surface area contributed by atoms with Crippen molar-refractivity contribution in [3.63, 3.8) is 0 Å². The molecule has 1 aliphatic rings. The van der Waals surface area contributed by atoms with E-state index in [0.717, 1.165) is 24.1 Å². The fraction of sp³-hybridized carbons (Fsp3) is 0.375. The lowest BCUT2D eigenvalue weighted by molar-refractivity contribution is -0.119. The van der Waals surface area contributed by atoms with Gasteiger partial charge in [0.05, 0.1) is 13.2 Å². The van der Waals surface area contributed by atoms with E-state index >= 15 is 0 Å². The van der Waals surface area contributed by atoms with Gasteiger partial charge < -0.3 is 30.8 Å². The summed E-state index contributed by atoms with van der Waals surface area (Å²) in [6, 6.07) is 2.38. The maximum atomic E-state index is 14.8. The van der Waals surface area contributed by atoms with E-state index in [2.05, 4.69) is 15.3 Å². The van der Waals surface area contributed by atoms with Crippen LogP contribution in [-0.2, 0) is 16.1 Å². The largest absolute Gasteiger partial charge is 0.494 e. The van der Waals surface area contributed by atoms with Crippen LogP contribution in [0.3, 0.4) is 0 Å². The van der Waals surface area contributed by atoms with Crippen LogP contribution in [0.2, 0.25) is 0 Å². The van der Waals surface area contributed by atoms with Gasteiger partial charge in [0.2, 0.25) is 0 Å². The molecule has 2 heterocycles. The number of amides is 1. The highest BCUT2D eigenvalue weighted by atomic mass is 19.1. The number of ether oxygens (including phenoxy) is 2. The Morgan fingerprint density at radius 1 is 1.20 bits per heavy atom. The highest BCUT2D eigenvalue weighted by molar-refractivity contribution is 5.97. The number of carbonyl (C=O) groups excluding carboxylic acids is 1. The van der Waals surface area contributed by atoms with Gasteiger partial charge in [-0.3, -0.25) is 4.79 Å². The second-order valence-corrected chi connectivity index (χ2v) is 8.43. The Hall–Kier alpha value is -3.73. The first kappa shape index (κ1) is 24.4. The number of hydrogen-bond donors (Lipinski definition) is 3. The number of nitrogens with zero attached hydrogens (tertiary/aromatic N) is 3. The number of methoxy groups -OCH3 is 1. The number of hydrogen-bond acceptors (Lipinski definition) is 7. The molecule has 1 fully saturated rings. The van der Waals surface area contributed by atoms with Gasteiger partial charge in [0, 0.05) is 42.3 Å². The van der Waals surface area contributed by atoms with Crippen LogP contribution >= 0.6 is 0 Å². The van der Waals surface area contributed by atoms with Gasteiger partial charge >= 0.3 is 0 Å². The molecule has 186 valence electrons. The van der Waals surface area contributed by atoms with Crippen molar-refractivity contribution in [3.8, 4) is 17.1 Å². The number of nitrogen functional groups attached to an aromatic ring is 2. The predicted octanol–water partition coefficient (Wildman–Crippen LogP) is 3.61. The third-order valence-corrected chi connectivity index (χ3v) is 5.85. The molecule has 2 aromatic heterocycles. The molecular weight excluding hydrogens is 458 g/mol. The van der Waals surface area contributed by atoms with Gasteiger partial charge in [-0.25, -0.2) is 18.7 Å². The molecular formula is C24H28F2N6O3. The molecule has 0 bridgehead atoms. The molecule has 0 radical (unpaired) electrons. The van der Waals surface area contributed by atoms with E-state index in [1.54, 1.807) is 13.1 Å². The molecule has 1 saturated carbocycles. The zero-order chi connectivity index (χ0) is 25.3. The van der Waals surface area contributed by atoms with Gasteiger partial charge in [0.25, 0.3) is 5.91 Å². The van der Waals surface area contributed by atoms with Crippen LogP contribution in [0.15, 0.2) is 18.3 Å². The molecule has 0 spiro atoms. The van der Waals surface area contributed by atoms with Crippen LogP contribution in [-0.4, -0.2) is 40.8 Å². The second kappa shape index (κ2) is 9.87. The molecule has 11 heteroatoms. The molecule has 0 atom stereocenters. The summed E-state index contributed by atoms with van der Waals surface area (Å²) in [6.07, 6.45) is 3.72. The van der Waals surface area contributed by atoms with Crippen LogP contribution in [0.25, 0.3) is 11.4 Å². The molecule has 1 amide bonds. The number of benzene rings is 1. The predicted molar refractivity (Wildman–Crippen MR) is 128 cm³/mol. The van der Waals surface area contributed by atoms with Gasteiger partial charge in [-0.05, 0) is 38.2 Å². The summed E-state index contributed by atoms with van der Waals surface area (Å²) in [5.74, 6) is -1.11. The molecule has 35 heavy (non-hydrogen) atoms. The van der Waals surface area contributed by atoms with Crippen LogP contribution in [0, 0.1) is 18.6 Å². The molecule has 1 aromatic carbocycles. The van der Waals surface area contributed by atoms with E-state index in [-0.39, 0.29) is 53.5 Å². The minimum atomic E-state index is -0.677. The fourth-order valence-electron chi connectivity index (χ4n) is 4.13. The lowest BCUT2D eigenvalue weighted by atomic mass is 10.1. The minimum absolute atomic E-state index is 0.000627. The lowest BCUT2D eigenvalue weighted by Gasteiger charge is -2.13. The van der Waals surface area contributed by atoms with Crippen LogP contribution < -0.4 is 21.5 Å². The van der Waals surface area contributed by atoms with Crippen molar-refractivity contribution in [2.75, 3.05) is 37.1 Å². The van der Waals surface area contributed by atoms with Crippen LogP contribution in [0.4, 0.5) is 26.1 Å². The maximum absolute atomic E-state index is 14.8. The summed E-state index contributed by atoms with van der Waals surface area (Å²) < 4.78 is 41.4. The first-order valence-electron chi connectivity index (χ1n) is 11.3. The van der Waals surface area contributed by atoms with E-state index in [9.17, 15) is 13.6 Å². The third kappa shape index (κ3) is 5.04. The average Bonchev–Trinajstić information content (AvgIpc) is 3.56.